The number of rotatable bonds is 6. The zero-order chi connectivity index (χ0) is 31.2. The van der Waals surface area contributed by atoms with E-state index >= 15 is 13.2 Å². The molecule has 11 heteroatoms. The van der Waals surface area contributed by atoms with Gasteiger partial charge in [-0.15, -0.1) is 0 Å². The van der Waals surface area contributed by atoms with Crippen molar-refractivity contribution in [2.45, 2.75) is 38.4 Å². The molecule has 0 spiro atoms. The SMILES string of the molecule is CCCc1ccc(-c2ccc(C3COC(c4c(C)c(F)c(F)c(F)c4F)(c4c(F)c(F)c(F)c(F)c4F)OC3)cc2)cc1. The Bertz CT molecular complexity index is 1550. The molecule has 2 nitrogen and oxygen atoms in total. The predicted molar refractivity (Wildman–Crippen MR) is 139 cm³/mol. The molecule has 1 aliphatic heterocycles. The fourth-order valence-electron chi connectivity index (χ4n) is 5.26. The molecule has 4 aromatic carbocycles. The van der Waals surface area contributed by atoms with E-state index in [0.717, 1.165) is 30.9 Å². The number of halogens is 9. The number of aryl methyl sites for hydroxylation is 1. The lowest BCUT2D eigenvalue weighted by atomic mass is 9.88. The van der Waals surface area contributed by atoms with Crippen molar-refractivity contribution >= 4 is 0 Å². The van der Waals surface area contributed by atoms with Crippen LogP contribution in [0.5, 0.6) is 0 Å². The molecule has 1 saturated heterocycles. The van der Waals surface area contributed by atoms with Crippen molar-refractivity contribution in [1.29, 1.82) is 0 Å². The van der Waals surface area contributed by atoms with E-state index < -0.39 is 94.0 Å². The van der Waals surface area contributed by atoms with Gasteiger partial charge in [-0.3, -0.25) is 0 Å². The van der Waals surface area contributed by atoms with Crippen LogP contribution in [0.15, 0.2) is 48.5 Å². The molecule has 0 aromatic heterocycles. The van der Waals surface area contributed by atoms with Crippen molar-refractivity contribution in [2.75, 3.05) is 13.2 Å². The summed E-state index contributed by atoms with van der Waals surface area (Å²) in [7, 11) is 0. The molecule has 0 amide bonds. The van der Waals surface area contributed by atoms with Crippen LogP contribution >= 0.6 is 0 Å². The molecule has 5 rings (SSSR count). The van der Waals surface area contributed by atoms with Gasteiger partial charge in [-0.25, -0.2) is 39.5 Å². The number of hydrogen-bond donors (Lipinski definition) is 0. The molecular formula is C32H23F9O2. The van der Waals surface area contributed by atoms with Gasteiger partial charge in [0.15, 0.2) is 46.5 Å². The highest BCUT2D eigenvalue weighted by atomic mass is 19.2. The molecule has 1 heterocycles. The highest BCUT2D eigenvalue weighted by molar-refractivity contribution is 5.64. The van der Waals surface area contributed by atoms with Crippen LogP contribution in [-0.2, 0) is 21.7 Å². The van der Waals surface area contributed by atoms with Crippen LogP contribution in [0.4, 0.5) is 39.5 Å². The Balaban J connectivity index is 1.55. The molecule has 226 valence electrons. The van der Waals surface area contributed by atoms with Crippen LogP contribution in [-0.4, -0.2) is 13.2 Å². The highest BCUT2D eigenvalue weighted by Crippen LogP contribution is 2.47. The molecule has 0 aliphatic carbocycles. The lowest BCUT2D eigenvalue weighted by molar-refractivity contribution is -0.261. The first-order chi connectivity index (χ1) is 20.4. The number of ether oxygens (including phenoxy) is 2. The maximum absolute atomic E-state index is 15.2. The van der Waals surface area contributed by atoms with Gasteiger partial charge in [0, 0.05) is 5.92 Å². The zero-order valence-electron chi connectivity index (χ0n) is 22.7. The Labute approximate surface area is 240 Å². The fourth-order valence-corrected chi connectivity index (χ4v) is 5.26. The average molecular weight is 611 g/mol. The second-order valence-corrected chi connectivity index (χ2v) is 10.2. The average Bonchev–Trinajstić information content (AvgIpc) is 3.02. The van der Waals surface area contributed by atoms with E-state index in [4.69, 9.17) is 9.47 Å². The van der Waals surface area contributed by atoms with Gasteiger partial charge in [0.1, 0.15) is 0 Å². The van der Waals surface area contributed by atoms with Crippen LogP contribution < -0.4 is 0 Å². The first-order valence-corrected chi connectivity index (χ1v) is 13.2. The molecule has 1 fully saturated rings. The normalized spacial score (nSPS) is 18.7. The molecular weight excluding hydrogens is 587 g/mol. The van der Waals surface area contributed by atoms with Crippen molar-refractivity contribution in [3.63, 3.8) is 0 Å². The third kappa shape index (κ3) is 5.08. The summed E-state index contributed by atoms with van der Waals surface area (Å²) in [5.41, 5.74) is -0.776. The van der Waals surface area contributed by atoms with Crippen molar-refractivity contribution in [1.82, 2.24) is 0 Å². The Morgan fingerprint density at radius 3 is 1.49 bits per heavy atom. The Morgan fingerprint density at radius 1 is 0.581 bits per heavy atom. The maximum Gasteiger partial charge on any atom is 0.231 e. The molecule has 0 N–H and O–H groups in total. The summed E-state index contributed by atoms with van der Waals surface area (Å²) in [5, 5.41) is 0. The van der Waals surface area contributed by atoms with E-state index in [2.05, 4.69) is 6.92 Å². The van der Waals surface area contributed by atoms with E-state index in [1.54, 1.807) is 24.3 Å². The van der Waals surface area contributed by atoms with E-state index in [1.807, 2.05) is 24.3 Å². The first kappa shape index (κ1) is 30.6. The minimum absolute atomic E-state index is 0.561. The van der Waals surface area contributed by atoms with E-state index in [1.165, 1.54) is 5.56 Å². The number of hydrogen-bond acceptors (Lipinski definition) is 2. The van der Waals surface area contributed by atoms with Gasteiger partial charge >= 0.3 is 0 Å². The fraction of sp³-hybridized carbons (Fsp3) is 0.250. The quantitative estimate of drug-likeness (QED) is 0.123. The molecule has 0 radical (unpaired) electrons. The van der Waals surface area contributed by atoms with Crippen molar-refractivity contribution in [3.05, 3.63) is 129 Å². The van der Waals surface area contributed by atoms with Gasteiger partial charge in [-0.05, 0) is 41.2 Å². The Kier molecular flexibility index (Phi) is 8.32. The lowest BCUT2D eigenvalue weighted by Crippen LogP contribution is -2.45. The summed E-state index contributed by atoms with van der Waals surface area (Å²) in [4.78, 5) is 0. The van der Waals surface area contributed by atoms with Crippen LogP contribution in [0.2, 0.25) is 0 Å². The van der Waals surface area contributed by atoms with E-state index in [9.17, 15) is 26.3 Å². The lowest BCUT2D eigenvalue weighted by Gasteiger charge is -2.42. The van der Waals surface area contributed by atoms with Crippen molar-refractivity contribution < 1.29 is 49.0 Å². The van der Waals surface area contributed by atoms with Crippen molar-refractivity contribution in [3.8, 4) is 11.1 Å². The van der Waals surface area contributed by atoms with Crippen LogP contribution in [0.1, 0.15) is 47.1 Å². The molecule has 0 saturated carbocycles. The topological polar surface area (TPSA) is 18.5 Å². The molecule has 0 atom stereocenters. The van der Waals surface area contributed by atoms with E-state index in [0.29, 0.717) is 5.56 Å². The van der Waals surface area contributed by atoms with Gasteiger partial charge in [0.25, 0.3) is 0 Å². The largest absolute Gasteiger partial charge is 0.341 e. The molecule has 0 bridgehead atoms. The summed E-state index contributed by atoms with van der Waals surface area (Å²) < 4.78 is 142. The Morgan fingerprint density at radius 2 is 1.00 bits per heavy atom. The van der Waals surface area contributed by atoms with Crippen LogP contribution in [0.25, 0.3) is 11.1 Å². The van der Waals surface area contributed by atoms with Gasteiger partial charge in [-0.2, -0.15) is 0 Å². The minimum Gasteiger partial charge on any atom is -0.341 e. The molecule has 43 heavy (non-hydrogen) atoms. The van der Waals surface area contributed by atoms with Gasteiger partial charge in [0.2, 0.25) is 11.6 Å². The van der Waals surface area contributed by atoms with Crippen LogP contribution in [0, 0.1) is 59.3 Å². The smallest absolute Gasteiger partial charge is 0.231 e. The number of benzene rings is 4. The third-order valence-corrected chi connectivity index (χ3v) is 7.55. The summed E-state index contributed by atoms with van der Waals surface area (Å²) >= 11 is 0. The first-order valence-electron chi connectivity index (χ1n) is 13.2. The second kappa shape index (κ2) is 11.7. The summed E-state index contributed by atoms with van der Waals surface area (Å²) in [5.74, 6) is -25.2. The monoisotopic (exact) mass is 610 g/mol. The second-order valence-electron chi connectivity index (χ2n) is 10.2. The predicted octanol–water partition coefficient (Wildman–Crippen LogP) is 8.90. The minimum atomic E-state index is -3.37. The summed E-state index contributed by atoms with van der Waals surface area (Å²) in [6, 6.07) is 14.9. The zero-order valence-corrected chi connectivity index (χ0v) is 22.7. The maximum atomic E-state index is 15.2. The summed E-state index contributed by atoms with van der Waals surface area (Å²) in [6.07, 6.45) is 1.94. The van der Waals surface area contributed by atoms with Crippen LogP contribution in [0.3, 0.4) is 0 Å². The third-order valence-electron chi connectivity index (χ3n) is 7.55. The van der Waals surface area contributed by atoms with Gasteiger partial charge in [-0.1, -0.05) is 61.9 Å². The highest BCUT2D eigenvalue weighted by Gasteiger charge is 2.52. The Hall–Kier alpha value is -3.83. The molecule has 4 aromatic rings. The standard InChI is InChI=1S/C32H23F9O2/c1-3-4-16-5-7-17(8-6-16)18-9-11-19(12-10-18)20-13-42-32(43-14-20,21-15(2)23(33)27(37)28(38)24(21)34)22-25(35)29(39)31(41)30(40)26(22)36/h5-12,20H,3-4,13-14H2,1-2H3. The van der Waals surface area contributed by atoms with E-state index in [-0.39, 0.29) is 0 Å². The molecule has 1 aliphatic rings. The van der Waals surface area contributed by atoms with Gasteiger partial charge in [0.05, 0.1) is 24.3 Å². The van der Waals surface area contributed by atoms with Gasteiger partial charge < -0.3 is 9.47 Å². The van der Waals surface area contributed by atoms with Crippen molar-refractivity contribution in [2.24, 2.45) is 0 Å². The molecule has 0 unspecified atom stereocenters. The summed E-state index contributed by atoms with van der Waals surface area (Å²) in [6.45, 7) is 1.64.